The predicted molar refractivity (Wildman–Crippen MR) is 52.8 cm³/mol. The van der Waals surface area contributed by atoms with Gasteiger partial charge in [0, 0.05) is 13.2 Å². The van der Waals surface area contributed by atoms with E-state index in [0.717, 1.165) is 19.4 Å². The van der Waals surface area contributed by atoms with Gasteiger partial charge in [-0.05, 0) is 17.8 Å². The van der Waals surface area contributed by atoms with E-state index >= 15 is 0 Å². The highest BCUT2D eigenvalue weighted by atomic mass is 16.5. The number of aliphatic hydroxyl groups is 1. The molecular weight excluding hydrogens is 196 g/mol. The smallest absolute Gasteiger partial charge is 0.291 e. The van der Waals surface area contributed by atoms with Crippen LogP contribution in [0.5, 0.6) is 0 Å². The number of nitrogens with zero attached hydrogens (tertiary/aromatic N) is 4. The van der Waals surface area contributed by atoms with Crippen LogP contribution in [-0.4, -0.2) is 26.2 Å². The Hall–Kier alpha value is -1.69. The SMILES string of the molecule is [O-][n+]1cnc2c(c1)ncn2CCCCO. The minimum Gasteiger partial charge on any atom is -0.711 e. The molecular formula is C9H12N4O2. The fraction of sp³-hybridized carbons (Fsp3) is 0.444. The van der Waals surface area contributed by atoms with Crippen LogP contribution in [0.3, 0.4) is 0 Å². The first-order valence-corrected chi connectivity index (χ1v) is 4.82. The quantitative estimate of drug-likeness (QED) is 0.430. The lowest BCUT2D eigenvalue weighted by atomic mass is 10.3. The van der Waals surface area contributed by atoms with Crippen molar-refractivity contribution in [2.24, 2.45) is 0 Å². The van der Waals surface area contributed by atoms with Gasteiger partial charge in [-0.2, -0.15) is 0 Å². The lowest BCUT2D eigenvalue weighted by Gasteiger charge is -2.00. The summed E-state index contributed by atoms with van der Waals surface area (Å²) in [6.07, 6.45) is 5.90. The summed E-state index contributed by atoms with van der Waals surface area (Å²) < 4.78 is 2.51. The molecule has 0 bridgehead atoms. The summed E-state index contributed by atoms with van der Waals surface area (Å²) in [5.74, 6) is 0. The van der Waals surface area contributed by atoms with Crippen LogP contribution in [0.25, 0.3) is 11.2 Å². The number of aryl methyl sites for hydroxylation is 1. The van der Waals surface area contributed by atoms with E-state index in [1.807, 2.05) is 4.57 Å². The minimum atomic E-state index is 0.195. The van der Waals surface area contributed by atoms with Crippen molar-refractivity contribution in [3.05, 3.63) is 24.1 Å². The Kier molecular flexibility index (Phi) is 2.77. The van der Waals surface area contributed by atoms with Crippen LogP contribution >= 0.6 is 0 Å². The molecule has 2 aromatic rings. The van der Waals surface area contributed by atoms with E-state index in [9.17, 15) is 5.21 Å². The van der Waals surface area contributed by atoms with Gasteiger partial charge in [0.15, 0.2) is 5.52 Å². The van der Waals surface area contributed by atoms with Crippen LogP contribution in [0, 0.1) is 5.21 Å². The molecule has 0 aromatic carbocycles. The zero-order chi connectivity index (χ0) is 10.7. The Morgan fingerprint density at radius 1 is 1.40 bits per heavy atom. The van der Waals surface area contributed by atoms with Crippen molar-refractivity contribution < 1.29 is 9.84 Å². The lowest BCUT2D eigenvalue weighted by Crippen LogP contribution is -2.25. The molecule has 0 radical (unpaired) electrons. The molecule has 0 aliphatic carbocycles. The van der Waals surface area contributed by atoms with E-state index in [1.165, 1.54) is 12.5 Å². The largest absolute Gasteiger partial charge is 0.711 e. The third kappa shape index (κ3) is 2.04. The molecule has 0 saturated carbocycles. The molecule has 0 aliphatic heterocycles. The molecule has 1 N–H and O–H groups in total. The average Bonchev–Trinajstić information content (AvgIpc) is 2.61. The molecule has 0 fully saturated rings. The average molecular weight is 208 g/mol. The maximum Gasteiger partial charge on any atom is 0.291 e. The second-order valence-electron chi connectivity index (χ2n) is 3.31. The van der Waals surface area contributed by atoms with Crippen molar-refractivity contribution in [3.63, 3.8) is 0 Å². The van der Waals surface area contributed by atoms with Gasteiger partial charge in [-0.3, -0.25) is 4.57 Å². The van der Waals surface area contributed by atoms with Gasteiger partial charge < -0.3 is 10.3 Å². The molecule has 6 heteroatoms. The third-order valence-electron chi connectivity index (χ3n) is 2.19. The molecule has 0 atom stereocenters. The second-order valence-corrected chi connectivity index (χ2v) is 3.31. The molecule has 2 rings (SSSR count). The predicted octanol–water partition coefficient (Wildman–Crippen LogP) is -0.163. The molecule has 0 amide bonds. The minimum absolute atomic E-state index is 0.195. The molecule has 80 valence electrons. The van der Waals surface area contributed by atoms with Crippen LogP contribution in [0.15, 0.2) is 18.9 Å². The number of fused-ring (bicyclic) bond motifs is 1. The van der Waals surface area contributed by atoms with E-state index < -0.39 is 0 Å². The normalized spacial score (nSPS) is 11.0. The number of unbranched alkanes of at least 4 members (excludes halogenated alkanes) is 1. The van der Waals surface area contributed by atoms with Crippen molar-refractivity contribution in [1.29, 1.82) is 0 Å². The summed E-state index contributed by atoms with van der Waals surface area (Å²) in [4.78, 5) is 8.08. The van der Waals surface area contributed by atoms with Gasteiger partial charge in [0.05, 0.1) is 6.33 Å². The molecule has 0 aliphatic rings. The second kappa shape index (κ2) is 4.22. The van der Waals surface area contributed by atoms with E-state index in [2.05, 4.69) is 9.97 Å². The van der Waals surface area contributed by atoms with Crippen molar-refractivity contribution in [2.45, 2.75) is 19.4 Å². The number of hydrogen-bond acceptors (Lipinski definition) is 4. The number of rotatable bonds is 4. The summed E-state index contributed by atoms with van der Waals surface area (Å²) in [5, 5.41) is 19.6. The van der Waals surface area contributed by atoms with Gasteiger partial charge in [-0.25, -0.2) is 9.71 Å². The number of aromatic nitrogens is 4. The first-order valence-electron chi connectivity index (χ1n) is 4.82. The third-order valence-corrected chi connectivity index (χ3v) is 2.19. The van der Waals surface area contributed by atoms with E-state index in [-0.39, 0.29) is 6.61 Å². The number of hydrogen-bond donors (Lipinski definition) is 1. The van der Waals surface area contributed by atoms with Gasteiger partial charge in [-0.15, -0.1) is 0 Å². The summed E-state index contributed by atoms with van der Waals surface area (Å²) in [6.45, 7) is 0.952. The van der Waals surface area contributed by atoms with Crippen LogP contribution in [-0.2, 0) is 6.54 Å². The maximum absolute atomic E-state index is 10.9. The van der Waals surface area contributed by atoms with Crippen LogP contribution in [0.1, 0.15) is 12.8 Å². The number of aliphatic hydroxyl groups excluding tert-OH is 1. The molecule has 2 heterocycles. The first kappa shape index (κ1) is 9.85. The molecule has 0 unspecified atom stereocenters. The standard InChI is InChI=1S/C9H12N4O2/c14-4-2-1-3-12-6-10-8-5-13(15)7-11-9(8)12/h5-7,14H,1-4H2. The van der Waals surface area contributed by atoms with Crippen LogP contribution < -0.4 is 4.73 Å². The zero-order valence-corrected chi connectivity index (χ0v) is 8.20. The lowest BCUT2D eigenvalue weighted by molar-refractivity contribution is -0.607. The summed E-state index contributed by atoms with van der Waals surface area (Å²) in [5.41, 5.74) is 1.30. The van der Waals surface area contributed by atoms with Gasteiger partial charge in [0.25, 0.3) is 12.0 Å². The van der Waals surface area contributed by atoms with Crippen molar-refractivity contribution in [3.8, 4) is 0 Å². The highest BCUT2D eigenvalue weighted by Crippen LogP contribution is 2.07. The van der Waals surface area contributed by atoms with Crippen molar-refractivity contribution in [1.82, 2.24) is 14.5 Å². The Labute approximate surface area is 86.4 Å². The van der Waals surface area contributed by atoms with E-state index in [1.54, 1.807) is 6.33 Å². The molecule has 0 saturated heterocycles. The zero-order valence-electron chi connectivity index (χ0n) is 8.20. The Bertz CT molecular complexity index is 454. The highest BCUT2D eigenvalue weighted by molar-refractivity contribution is 5.67. The molecule has 6 nitrogen and oxygen atoms in total. The maximum atomic E-state index is 10.9. The fourth-order valence-electron chi connectivity index (χ4n) is 1.45. The molecule has 2 aromatic heterocycles. The molecule has 15 heavy (non-hydrogen) atoms. The van der Waals surface area contributed by atoms with Crippen molar-refractivity contribution >= 4 is 11.2 Å². The fourth-order valence-corrected chi connectivity index (χ4v) is 1.45. The first-order chi connectivity index (χ1) is 7.31. The summed E-state index contributed by atoms with van der Waals surface area (Å²) in [6, 6.07) is 0. The number of imidazole rings is 1. The van der Waals surface area contributed by atoms with Gasteiger partial charge in [0.2, 0.25) is 0 Å². The van der Waals surface area contributed by atoms with Crippen molar-refractivity contribution in [2.75, 3.05) is 6.61 Å². The molecule has 0 spiro atoms. The highest BCUT2D eigenvalue weighted by Gasteiger charge is 2.08. The monoisotopic (exact) mass is 208 g/mol. The summed E-state index contributed by atoms with van der Waals surface area (Å²) >= 11 is 0. The van der Waals surface area contributed by atoms with Gasteiger partial charge >= 0.3 is 0 Å². The Morgan fingerprint density at radius 2 is 2.27 bits per heavy atom. The van der Waals surface area contributed by atoms with E-state index in [4.69, 9.17) is 5.11 Å². The Balaban J connectivity index is 2.21. The van der Waals surface area contributed by atoms with Crippen LogP contribution in [0.4, 0.5) is 0 Å². The Morgan fingerprint density at radius 3 is 3.07 bits per heavy atom. The van der Waals surface area contributed by atoms with Gasteiger partial charge in [0.1, 0.15) is 6.20 Å². The van der Waals surface area contributed by atoms with Crippen LogP contribution in [0.2, 0.25) is 0 Å². The summed E-state index contributed by atoms with van der Waals surface area (Å²) in [7, 11) is 0. The van der Waals surface area contributed by atoms with E-state index in [0.29, 0.717) is 15.9 Å². The topological polar surface area (TPSA) is 77.9 Å². The van der Waals surface area contributed by atoms with Gasteiger partial charge in [-0.1, -0.05) is 0 Å².